The summed E-state index contributed by atoms with van der Waals surface area (Å²) in [7, 11) is 0. The Labute approximate surface area is 197 Å². The number of rotatable bonds is 4. The average Bonchev–Trinajstić information content (AvgIpc) is 3.04. The van der Waals surface area contributed by atoms with E-state index in [1.807, 2.05) is 42.2 Å². The van der Waals surface area contributed by atoms with Gasteiger partial charge < -0.3 is 15.1 Å². The van der Waals surface area contributed by atoms with Crippen LogP contribution in [0.15, 0.2) is 59.1 Å². The van der Waals surface area contributed by atoms with Gasteiger partial charge >= 0.3 is 6.03 Å². The number of carbonyl (C=O) groups excluding carboxylic acids is 1. The minimum absolute atomic E-state index is 0.0614. The third kappa shape index (κ3) is 5.46. The van der Waals surface area contributed by atoms with Crippen LogP contribution in [0.25, 0.3) is 0 Å². The molecule has 1 aromatic heterocycles. The van der Waals surface area contributed by atoms with Crippen LogP contribution in [0, 0.1) is 13.8 Å². The second-order valence-electron chi connectivity index (χ2n) is 8.09. The van der Waals surface area contributed by atoms with Gasteiger partial charge in [0, 0.05) is 54.0 Å². The number of carbonyl (C=O) groups is 1. The molecule has 2 aromatic carbocycles. The van der Waals surface area contributed by atoms with Crippen molar-refractivity contribution in [2.24, 2.45) is 0 Å². The van der Waals surface area contributed by atoms with Crippen molar-refractivity contribution >= 4 is 33.5 Å². The number of halogens is 1. The van der Waals surface area contributed by atoms with Crippen LogP contribution in [-0.4, -0.2) is 47.1 Å². The first-order chi connectivity index (χ1) is 15.5. The Kier molecular flexibility index (Phi) is 7.05. The van der Waals surface area contributed by atoms with Crippen molar-refractivity contribution in [1.29, 1.82) is 0 Å². The van der Waals surface area contributed by atoms with Crippen LogP contribution in [0.1, 0.15) is 29.1 Å². The molecular weight excluding hydrogens is 466 g/mol. The number of benzene rings is 2. The molecular formula is C25H28BrN5O. The predicted octanol–water partition coefficient (Wildman–Crippen LogP) is 5.19. The molecule has 0 saturated carbocycles. The van der Waals surface area contributed by atoms with E-state index >= 15 is 0 Å². The number of anilines is 2. The van der Waals surface area contributed by atoms with Crippen molar-refractivity contribution < 1.29 is 4.79 Å². The molecule has 4 rings (SSSR count). The van der Waals surface area contributed by atoms with Gasteiger partial charge in [-0.1, -0.05) is 46.3 Å². The summed E-state index contributed by atoms with van der Waals surface area (Å²) in [5.74, 6) is 1.78. The largest absolute Gasteiger partial charge is 0.354 e. The quantitative estimate of drug-likeness (QED) is 0.542. The number of aromatic nitrogens is 2. The fourth-order valence-electron chi connectivity index (χ4n) is 4.05. The molecule has 0 unspecified atom stereocenters. The minimum Gasteiger partial charge on any atom is -0.354 e. The van der Waals surface area contributed by atoms with E-state index in [4.69, 9.17) is 4.98 Å². The summed E-state index contributed by atoms with van der Waals surface area (Å²) < 4.78 is 0.989. The van der Waals surface area contributed by atoms with Crippen molar-refractivity contribution in [3.8, 4) is 0 Å². The van der Waals surface area contributed by atoms with Gasteiger partial charge in [0.15, 0.2) is 0 Å². The summed E-state index contributed by atoms with van der Waals surface area (Å²) in [6.07, 6.45) is 1.69. The SMILES string of the molecule is Cc1nc(C)c(Cc2ccccc2)c(N2CCCN(C(=O)Nc3ccc(Br)cc3)CC2)n1. The lowest BCUT2D eigenvalue weighted by molar-refractivity contribution is 0.215. The van der Waals surface area contributed by atoms with Gasteiger partial charge in [0.25, 0.3) is 0 Å². The first kappa shape index (κ1) is 22.3. The van der Waals surface area contributed by atoms with Gasteiger partial charge in [-0.05, 0) is 50.1 Å². The fourth-order valence-corrected chi connectivity index (χ4v) is 4.32. The Balaban J connectivity index is 1.49. The highest BCUT2D eigenvalue weighted by Crippen LogP contribution is 2.25. The van der Waals surface area contributed by atoms with Crippen molar-refractivity contribution in [1.82, 2.24) is 14.9 Å². The molecule has 1 aliphatic rings. The molecule has 166 valence electrons. The van der Waals surface area contributed by atoms with E-state index in [2.05, 4.69) is 62.3 Å². The summed E-state index contributed by atoms with van der Waals surface area (Å²) >= 11 is 3.42. The number of nitrogens with zero attached hydrogens (tertiary/aromatic N) is 4. The second-order valence-corrected chi connectivity index (χ2v) is 9.00. The average molecular weight is 494 g/mol. The summed E-state index contributed by atoms with van der Waals surface area (Å²) in [4.78, 5) is 26.5. The van der Waals surface area contributed by atoms with Gasteiger partial charge in [-0.15, -0.1) is 0 Å². The Bertz CT molecular complexity index is 1070. The normalized spacial score (nSPS) is 14.2. The van der Waals surface area contributed by atoms with Gasteiger partial charge in [0.05, 0.1) is 0 Å². The predicted molar refractivity (Wildman–Crippen MR) is 132 cm³/mol. The van der Waals surface area contributed by atoms with Crippen molar-refractivity contribution in [2.45, 2.75) is 26.7 Å². The highest BCUT2D eigenvalue weighted by atomic mass is 79.9. The van der Waals surface area contributed by atoms with Crippen molar-refractivity contribution in [2.75, 3.05) is 36.4 Å². The van der Waals surface area contributed by atoms with E-state index < -0.39 is 0 Å². The molecule has 32 heavy (non-hydrogen) atoms. The van der Waals surface area contributed by atoms with Crippen LogP contribution >= 0.6 is 15.9 Å². The van der Waals surface area contributed by atoms with Gasteiger partial charge in [0.1, 0.15) is 11.6 Å². The van der Waals surface area contributed by atoms with Crippen LogP contribution in [-0.2, 0) is 6.42 Å². The molecule has 7 heteroatoms. The zero-order valence-electron chi connectivity index (χ0n) is 18.5. The molecule has 0 spiro atoms. The monoisotopic (exact) mass is 493 g/mol. The molecule has 1 aliphatic heterocycles. The van der Waals surface area contributed by atoms with Crippen molar-refractivity contribution in [3.05, 3.63) is 81.7 Å². The van der Waals surface area contributed by atoms with Gasteiger partial charge in [-0.2, -0.15) is 0 Å². The van der Waals surface area contributed by atoms with E-state index in [9.17, 15) is 4.79 Å². The Morgan fingerprint density at radius 3 is 2.47 bits per heavy atom. The third-order valence-electron chi connectivity index (χ3n) is 5.71. The van der Waals surface area contributed by atoms with Gasteiger partial charge in [-0.3, -0.25) is 0 Å². The number of nitrogens with one attached hydrogen (secondary N) is 1. The van der Waals surface area contributed by atoms with Crippen molar-refractivity contribution in [3.63, 3.8) is 0 Å². The molecule has 0 bridgehead atoms. The lowest BCUT2D eigenvalue weighted by Crippen LogP contribution is -2.38. The van der Waals surface area contributed by atoms with Gasteiger partial charge in [-0.25, -0.2) is 14.8 Å². The van der Waals surface area contributed by atoms with E-state index in [1.54, 1.807) is 0 Å². The zero-order valence-corrected chi connectivity index (χ0v) is 20.1. The maximum Gasteiger partial charge on any atom is 0.321 e. The van der Waals surface area contributed by atoms with Crippen LogP contribution in [0.4, 0.5) is 16.3 Å². The summed E-state index contributed by atoms with van der Waals surface area (Å²) in [6, 6.07) is 18.0. The van der Waals surface area contributed by atoms with E-state index in [-0.39, 0.29) is 6.03 Å². The summed E-state index contributed by atoms with van der Waals surface area (Å²) in [6.45, 7) is 6.97. The van der Waals surface area contributed by atoms with Gasteiger partial charge in [0.2, 0.25) is 0 Å². The van der Waals surface area contributed by atoms with E-state index in [0.29, 0.717) is 6.54 Å². The Morgan fingerprint density at radius 1 is 0.969 bits per heavy atom. The molecule has 0 aliphatic carbocycles. The molecule has 1 N–H and O–H groups in total. The van der Waals surface area contributed by atoms with Crippen LogP contribution < -0.4 is 10.2 Å². The molecule has 1 saturated heterocycles. The first-order valence-electron chi connectivity index (χ1n) is 10.9. The highest BCUT2D eigenvalue weighted by Gasteiger charge is 2.23. The van der Waals surface area contributed by atoms with Crippen LogP contribution in [0.3, 0.4) is 0 Å². The molecule has 6 nitrogen and oxygen atoms in total. The molecule has 0 radical (unpaired) electrons. The molecule has 1 fully saturated rings. The minimum atomic E-state index is -0.0614. The van der Waals surface area contributed by atoms with Crippen LogP contribution in [0.5, 0.6) is 0 Å². The number of urea groups is 1. The third-order valence-corrected chi connectivity index (χ3v) is 6.23. The molecule has 2 amide bonds. The molecule has 0 atom stereocenters. The Hall–Kier alpha value is -2.93. The standard InChI is InChI=1S/C25H28BrN5O/c1-18-23(17-20-7-4-3-5-8-20)24(28-19(2)27-18)30-13-6-14-31(16-15-30)25(32)29-22-11-9-21(26)10-12-22/h3-5,7-12H,6,13-17H2,1-2H3,(H,29,32). The number of aryl methyl sites for hydroxylation is 2. The van der Waals surface area contributed by atoms with Crippen LogP contribution in [0.2, 0.25) is 0 Å². The zero-order chi connectivity index (χ0) is 22.5. The maximum absolute atomic E-state index is 12.8. The Morgan fingerprint density at radius 2 is 1.72 bits per heavy atom. The molecule has 2 heterocycles. The summed E-state index contributed by atoms with van der Waals surface area (Å²) in [5, 5.41) is 3.01. The number of hydrogen-bond donors (Lipinski definition) is 1. The first-order valence-corrected chi connectivity index (χ1v) is 11.7. The number of amides is 2. The summed E-state index contributed by atoms with van der Waals surface area (Å²) in [5.41, 5.74) is 4.22. The second kappa shape index (κ2) is 10.1. The lowest BCUT2D eigenvalue weighted by atomic mass is 10.0. The topological polar surface area (TPSA) is 61.4 Å². The van der Waals surface area contributed by atoms with E-state index in [0.717, 1.165) is 65.5 Å². The number of hydrogen-bond acceptors (Lipinski definition) is 4. The smallest absolute Gasteiger partial charge is 0.321 e. The lowest BCUT2D eigenvalue weighted by Gasteiger charge is -2.26. The maximum atomic E-state index is 12.8. The van der Waals surface area contributed by atoms with E-state index in [1.165, 1.54) is 5.56 Å². The fraction of sp³-hybridized carbons (Fsp3) is 0.320. The molecule has 3 aromatic rings. The highest BCUT2D eigenvalue weighted by molar-refractivity contribution is 9.10.